The van der Waals surface area contributed by atoms with Gasteiger partial charge in [-0.05, 0) is 43.2 Å². The Morgan fingerprint density at radius 2 is 1.85 bits per heavy atom. The zero-order chi connectivity index (χ0) is 23.8. The van der Waals surface area contributed by atoms with Crippen molar-refractivity contribution in [2.45, 2.75) is 39.5 Å². The third kappa shape index (κ3) is 3.66. The highest BCUT2D eigenvalue weighted by Gasteiger charge is 2.23. The van der Waals surface area contributed by atoms with E-state index in [0.717, 1.165) is 35.4 Å². The first-order chi connectivity index (χ1) is 16.5. The number of para-hydroxylation sites is 2. The van der Waals surface area contributed by atoms with Crippen LogP contribution in [0.5, 0.6) is 11.5 Å². The Morgan fingerprint density at radius 1 is 1.03 bits per heavy atom. The number of hydrogen-bond donors (Lipinski definition) is 0. The van der Waals surface area contributed by atoms with E-state index in [4.69, 9.17) is 31.0 Å². The normalized spacial score (nSPS) is 11.5. The van der Waals surface area contributed by atoms with Crippen LogP contribution in [0, 0.1) is 0 Å². The molecule has 0 N–H and O–H groups in total. The minimum atomic E-state index is -0.291. The molecule has 7 nitrogen and oxygen atoms in total. The Bertz CT molecular complexity index is 1540. The number of nitrogens with zero attached hydrogens (tertiary/aromatic N) is 4. The van der Waals surface area contributed by atoms with Crippen LogP contribution < -0.4 is 9.47 Å². The van der Waals surface area contributed by atoms with Gasteiger partial charge in [0.25, 0.3) is 0 Å². The van der Waals surface area contributed by atoms with Crippen LogP contribution in [-0.4, -0.2) is 32.0 Å². The Balaban J connectivity index is 1.86. The summed E-state index contributed by atoms with van der Waals surface area (Å²) in [6.45, 7) is 4.07. The highest BCUT2D eigenvalue weighted by molar-refractivity contribution is 6.32. The standard InChI is InChI=1S/C26H25ClN4O3/c1-4-8-22-29-25-24(26-28-18-10-6-7-11-19(18)31(22)26)21(34-23(32)9-5-2)15-30(25)16-12-13-20(33-3)17(27)14-16/h6-7,10-15H,4-5,8-9H2,1-3H3. The van der Waals surface area contributed by atoms with Crippen LogP contribution in [0.15, 0.2) is 48.7 Å². The van der Waals surface area contributed by atoms with Crippen molar-refractivity contribution >= 4 is 45.3 Å². The fourth-order valence-corrected chi connectivity index (χ4v) is 4.52. The van der Waals surface area contributed by atoms with Gasteiger partial charge < -0.3 is 9.47 Å². The van der Waals surface area contributed by atoms with Gasteiger partial charge in [0, 0.05) is 18.5 Å². The van der Waals surface area contributed by atoms with Crippen molar-refractivity contribution in [1.29, 1.82) is 0 Å². The van der Waals surface area contributed by atoms with E-state index < -0.39 is 0 Å². The van der Waals surface area contributed by atoms with Gasteiger partial charge in [-0.2, -0.15) is 0 Å². The number of ether oxygens (including phenoxy) is 2. The van der Waals surface area contributed by atoms with Crippen molar-refractivity contribution in [3.8, 4) is 17.2 Å². The van der Waals surface area contributed by atoms with Crippen molar-refractivity contribution < 1.29 is 14.3 Å². The molecular weight excluding hydrogens is 452 g/mol. The fraction of sp³-hybridized carbons (Fsp3) is 0.269. The van der Waals surface area contributed by atoms with Gasteiger partial charge in [0.05, 0.1) is 29.4 Å². The maximum absolute atomic E-state index is 12.5. The molecule has 0 atom stereocenters. The first-order valence-electron chi connectivity index (χ1n) is 11.4. The molecule has 0 radical (unpaired) electrons. The van der Waals surface area contributed by atoms with Crippen LogP contribution in [0.3, 0.4) is 0 Å². The topological polar surface area (TPSA) is 70.7 Å². The second kappa shape index (κ2) is 8.99. The molecule has 5 aromatic rings. The zero-order valence-electron chi connectivity index (χ0n) is 19.3. The van der Waals surface area contributed by atoms with Gasteiger partial charge in [0.1, 0.15) is 17.0 Å². The van der Waals surface area contributed by atoms with Crippen molar-refractivity contribution in [2.24, 2.45) is 0 Å². The number of aryl methyl sites for hydroxylation is 1. The number of fused-ring (bicyclic) bond motifs is 5. The number of carbonyl (C=O) groups excluding carboxylic acids is 1. The minimum Gasteiger partial charge on any atom is -0.495 e. The summed E-state index contributed by atoms with van der Waals surface area (Å²) in [7, 11) is 1.58. The van der Waals surface area contributed by atoms with Crippen LogP contribution in [0.1, 0.15) is 38.9 Å². The lowest BCUT2D eigenvalue weighted by molar-refractivity contribution is -0.134. The van der Waals surface area contributed by atoms with Crippen LogP contribution in [0.25, 0.3) is 33.4 Å². The SMILES string of the molecule is CCCC(=O)Oc1cn(-c2ccc(OC)c(Cl)c2)c2nc(CCC)n3c4ccccc4nc3c12. The molecule has 0 saturated heterocycles. The second-order valence-corrected chi connectivity index (χ2v) is 8.55. The number of aromatic nitrogens is 4. The molecule has 0 aliphatic heterocycles. The van der Waals surface area contributed by atoms with E-state index in [0.29, 0.717) is 46.0 Å². The number of halogens is 1. The molecule has 0 saturated carbocycles. The van der Waals surface area contributed by atoms with Crippen LogP contribution in [0.2, 0.25) is 5.02 Å². The first-order valence-corrected chi connectivity index (χ1v) is 11.8. The smallest absolute Gasteiger partial charge is 0.311 e. The van der Waals surface area contributed by atoms with Crippen molar-refractivity contribution in [3.05, 3.63) is 59.5 Å². The fourth-order valence-electron chi connectivity index (χ4n) is 4.27. The summed E-state index contributed by atoms with van der Waals surface area (Å²) in [6, 6.07) is 13.5. The summed E-state index contributed by atoms with van der Waals surface area (Å²) in [4.78, 5) is 22.5. The van der Waals surface area contributed by atoms with E-state index in [1.54, 1.807) is 13.3 Å². The molecule has 0 spiro atoms. The predicted molar refractivity (Wildman–Crippen MR) is 133 cm³/mol. The molecule has 34 heavy (non-hydrogen) atoms. The zero-order valence-corrected chi connectivity index (χ0v) is 20.1. The average Bonchev–Trinajstić information content (AvgIpc) is 3.38. The van der Waals surface area contributed by atoms with E-state index in [-0.39, 0.29) is 5.97 Å². The van der Waals surface area contributed by atoms with Gasteiger partial charge >= 0.3 is 5.97 Å². The third-order valence-corrected chi connectivity index (χ3v) is 6.08. The number of benzene rings is 2. The first kappa shape index (κ1) is 22.2. The molecule has 3 aromatic heterocycles. The van der Waals surface area contributed by atoms with Crippen LogP contribution >= 0.6 is 11.6 Å². The summed E-state index contributed by atoms with van der Waals surface area (Å²) < 4.78 is 15.1. The van der Waals surface area contributed by atoms with E-state index in [1.165, 1.54) is 0 Å². The summed E-state index contributed by atoms with van der Waals surface area (Å²) in [5.74, 6) is 1.61. The molecule has 174 valence electrons. The Kier molecular flexibility index (Phi) is 5.87. The lowest BCUT2D eigenvalue weighted by atomic mass is 10.2. The minimum absolute atomic E-state index is 0.291. The summed E-state index contributed by atoms with van der Waals surface area (Å²) in [5, 5.41) is 1.17. The quantitative estimate of drug-likeness (QED) is 0.263. The number of carbonyl (C=O) groups is 1. The number of imidazole rings is 1. The molecular formula is C26H25ClN4O3. The van der Waals surface area contributed by atoms with Gasteiger partial charge in [0.2, 0.25) is 0 Å². The lowest BCUT2D eigenvalue weighted by Gasteiger charge is -2.10. The van der Waals surface area contributed by atoms with Gasteiger partial charge in [0.15, 0.2) is 17.0 Å². The monoisotopic (exact) mass is 476 g/mol. The number of rotatable bonds is 7. The summed E-state index contributed by atoms with van der Waals surface area (Å²) >= 11 is 6.43. The Morgan fingerprint density at radius 3 is 2.59 bits per heavy atom. The second-order valence-electron chi connectivity index (χ2n) is 8.14. The van der Waals surface area contributed by atoms with Gasteiger partial charge in [-0.1, -0.05) is 37.6 Å². The van der Waals surface area contributed by atoms with Gasteiger partial charge in [-0.25, -0.2) is 9.97 Å². The third-order valence-electron chi connectivity index (χ3n) is 5.79. The molecule has 0 aliphatic rings. The van der Waals surface area contributed by atoms with Crippen molar-refractivity contribution in [3.63, 3.8) is 0 Å². The molecule has 2 aromatic carbocycles. The number of esters is 1. The van der Waals surface area contributed by atoms with Crippen molar-refractivity contribution in [2.75, 3.05) is 7.11 Å². The predicted octanol–water partition coefficient (Wildman–Crippen LogP) is 6.15. The average molecular weight is 477 g/mol. The molecule has 5 rings (SSSR count). The molecule has 0 unspecified atom stereocenters. The Labute approximate surface area is 201 Å². The van der Waals surface area contributed by atoms with Crippen LogP contribution in [-0.2, 0) is 11.2 Å². The molecule has 0 bridgehead atoms. The van der Waals surface area contributed by atoms with E-state index >= 15 is 0 Å². The molecule has 0 fully saturated rings. The van der Waals surface area contributed by atoms with Crippen LogP contribution in [0.4, 0.5) is 0 Å². The summed E-state index contributed by atoms with van der Waals surface area (Å²) in [5.41, 5.74) is 3.99. The Hall–Kier alpha value is -3.58. The maximum Gasteiger partial charge on any atom is 0.311 e. The van der Waals surface area contributed by atoms with E-state index in [9.17, 15) is 4.79 Å². The molecule has 8 heteroatoms. The largest absolute Gasteiger partial charge is 0.495 e. The maximum atomic E-state index is 12.5. The highest BCUT2D eigenvalue weighted by atomic mass is 35.5. The van der Waals surface area contributed by atoms with E-state index in [2.05, 4.69) is 11.3 Å². The highest BCUT2D eigenvalue weighted by Crippen LogP contribution is 2.37. The molecule has 0 amide bonds. The number of methoxy groups -OCH3 is 1. The van der Waals surface area contributed by atoms with Crippen molar-refractivity contribution in [1.82, 2.24) is 18.9 Å². The number of hydrogen-bond acceptors (Lipinski definition) is 5. The van der Waals surface area contributed by atoms with E-state index in [1.807, 2.05) is 54.0 Å². The molecule has 3 heterocycles. The lowest BCUT2D eigenvalue weighted by Crippen LogP contribution is -2.07. The molecule has 0 aliphatic carbocycles. The van der Waals surface area contributed by atoms with Gasteiger partial charge in [-0.3, -0.25) is 13.8 Å². The van der Waals surface area contributed by atoms with Gasteiger partial charge in [-0.15, -0.1) is 0 Å². The summed E-state index contributed by atoms with van der Waals surface area (Å²) in [6.07, 6.45) is 4.51.